The molecular weight excluding hydrogens is 240 g/mol. The van der Waals surface area contributed by atoms with Gasteiger partial charge in [-0.1, -0.05) is 0 Å². The molecule has 0 atom stereocenters. The number of rotatable bonds is 4. The first-order valence-corrected chi connectivity index (χ1v) is 7.98. The van der Waals surface area contributed by atoms with Crippen molar-refractivity contribution >= 4 is 0 Å². The summed E-state index contributed by atoms with van der Waals surface area (Å²) in [6, 6.07) is 0.723. The Labute approximate surface area is 117 Å². The topological polar surface area (TPSA) is 24.9 Å². The summed E-state index contributed by atoms with van der Waals surface area (Å²) in [5.41, 5.74) is 0. The van der Waals surface area contributed by atoms with E-state index in [1.165, 1.54) is 51.9 Å². The van der Waals surface area contributed by atoms with Crippen LogP contribution in [0.1, 0.15) is 38.5 Å². The number of likely N-dealkylation sites (tertiary alicyclic amines) is 1. The summed E-state index contributed by atoms with van der Waals surface area (Å²) in [5.74, 6) is -0.202. The second-order valence-corrected chi connectivity index (χ2v) is 6.37. The maximum absolute atomic E-state index is 5.80. The molecule has 3 aliphatic rings. The van der Waals surface area contributed by atoms with Crippen LogP contribution in [0.5, 0.6) is 0 Å². The fraction of sp³-hybridized carbons (Fsp3) is 1.00. The standard InChI is InChI=1S/C15H28N2O2/c1-16(10-11-17-8-2-3-9-17)14-4-6-15(7-5-14)18-12-13-19-15/h14H,2-13H2,1H3. The van der Waals surface area contributed by atoms with Crippen LogP contribution in [0.3, 0.4) is 0 Å². The fourth-order valence-corrected chi connectivity index (χ4v) is 3.76. The van der Waals surface area contributed by atoms with E-state index in [1.54, 1.807) is 0 Å². The van der Waals surface area contributed by atoms with Gasteiger partial charge >= 0.3 is 0 Å². The van der Waals surface area contributed by atoms with Gasteiger partial charge in [0.05, 0.1) is 13.2 Å². The predicted molar refractivity (Wildman–Crippen MR) is 75.2 cm³/mol. The first-order valence-electron chi connectivity index (χ1n) is 7.98. The van der Waals surface area contributed by atoms with Crippen LogP contribution in [0.15, 0.2) is 0 Å². The van der Waals surface area contributed by atoms with Crippen LogP contribution in [0.2, 0.25) is 0 Å². The highest BCUT2D eigenvalue weighted by Gasteiger charge is 2.40. The Morgan fingerprint density at radius 1 is 1.11 bits per heavy atom. The molecule has 0 N–H and O–H groups in total. The number of hydrogen-bond donors (Lipinski definition) is 0. The maximum atomic E-state index is 5.80. The van der Waals surface area contributed by atoms with E-state index in [1.807, 2.05) is 0 Å². The van der Waals surface area contributed by atoms with Gasteiger partial charge in [-0.25, -0.2) is 0 Å². The van der Waals surface area contributed by atoms with E-state index in [9.17, 15) is 0 Å². The summed E-state index contributed by atoms with van der Waals surface area (Å²) in [7, 11) is 2.29. The van der Waals surface area contributed by atoms with Crippen molar-refractivity contribution in [2.45, 2.75) is 50.4 Å². The summed E-state index contributed by atoms with van der Waals surface area (Å²) in [6.45, 7) is 6.64. The van der Waals surface area contributed by atoms with Crippen molar-refractivity contribution in [1.29, 1.82) is 0 Å². The predicted octanol–water partition coefficient (Wildman–Crippen LogP) is 1.70. The molecule has 3 rings (SSSR count). The Morgan fingerprint density at radius 3 is 2.37 bits per heavy atom. The van der Waals surface area contributed by atoms with E-state index < -0.39 is 0 Å². The van der Waals surface area contributed by atoms with E-state index in [0.29, 0.717) is 0 Å². The van der Waals surface area contributed by atoms with Gasteiger partial charge in [0.15, 0.2) is 5.79 Å². The minimum absolute atomic E-state index is 0.202. The van der Waals surface area contributed by atoms with Crippen LogP contribution >= 0.6 is 0 Å². The van der Waals surface area contributed by atoms with Crippen molar-refractivity contribution in [2.24, 2.45) is 0 Å². The molecule has 0 aromatic rings. The van der Waals surface area contributed by atoms with Crippen LogP contribution in [0, 0.1) is 0 Å². The molecule has 2 saturated heterocycles. The lowest BCUT2D eigenvalue weighted by Gasteiger charge is -2.39. The zero-order valence-corrected chi connectivity index (χ0v) is 12.3. The molecule has 0 radical (unpaired) electrons. The van der Waals surface area contributed by atoms with Crippen LogP contribution in [-0.2, 0) is 9.47 Å². The molecule has 1 saturated carbocycles. The largest absolute Gasteiger partial charge is 0.348 e. The van der Waals surface area contributed by atoms with Crippen LogP contribution < -0.4 is 0 Å². The average molecular weight is 268 g/mol. The SMILES string of the molecule is CN(CCN1CCCC1)C1CCC2(CC1)OCCO2. The second-order valence-electron chi connectivity index (χ2n) is 6.37. The van der Waals surface area contributed by atoms with Crippen molar-refractivity contribution in [3.63, 3.8) is 0 Å². The van der Waals surface area contributed by atoms with Crippen LogP contribution in [-0.4, -0.2) is 68.1 Å². The molecule has 4 nitrogen and oxygen atoms in total. The number of ether oxygens (including phenoxy) is 2. The van der Waals surface area contributed by atoms with Gasteiger partial charge in [-0.3, -0.25) is 0 Å². The zero-order chi connectivity index (χ0) is 13.1. The molecule has 19 heavy (non-hydrogen) atoms. The fourth-order valence-electron chi connectivity index (χ4n) is 3.76. The highest BCUT2D eigenvalue weighted by molar-refractivity contribution is 4.86. The van der Waals surface area contributed by atoms with E-state index in [2.05, 4.69) is 16.8 Å². The Kier molecular flexibility index (Phi) is 4.42. The normalized spacial score (nSPS) is 28.7. The Hall–Kier alpha value is -0.160. The highest BCUT2D eigenvalue weighted by atomic mass is 16.7. The average Bonchev–Trinajstić information content (AvgIpc) is 3.09. The molecule has 3 fully saturated rings. The molecule has 0 bridgehead atoms. The molecule has 0 amide bonds. The minimum atomic E-state index is -0.202. The number of nitrogens with zero attached hydrogens (tertiary/aromatic N) is 2. The lowest BCUT2D eigenvalue weighted by molar-refractivity contribution is -0.183. The summed E-state index contributed by atoms with van der Waals surface area (Å²) in [4.78, 5) is 5.16. The van der Waals surface area contributed by atoms with Crippen LogP contribution in [0.25, 0.3) is 0 Å². The van der Waals surface area contributed by atoms with E-state index in [4.69, 9.17) is 9.47 Å². The van der Waals surface area contributed by atoms with E-state index in [-0.39, 0.29) is 5.79 Å². The first-order chi connectivity index (χ1) is 9.27. The molecule has 2 aliphatic heterocycles. The Bertz CT molecular complexity index is 276. The van der Waals surface area contributed by atoms with Crippen molar-refractivity contribution < 1.29 is 9.47 Å². The van der Waals surface area contributed by atoms with Crippen molar-refractivity contribution in [3.05, 3.63) is 0 Å². The summed E-state index contributed by atoms with van der Waals surface area (Å²) < 4.78 is 11.6. The Balaban J connectivity index is 1.40. The molecule has 2 heterocycles. The molecule has 0 unspecified atom stereocenters. The van der Waals surface area contributed by atoms with Gasteiger partial charge < -0.3 is 19.3 Å². The van der Waals surface area contributed by atoms with Gasteiger partial charge in [0, 0.05) is 32.0 Å². The smallest absolute Gasteiger partial charge is 0.168 e. The number of likely N-dealkylation sites (N-methyl/N-ethyl adjacent to an activating group) is 1. The first kappa shape index (κ1) is 13.8. The van der Waals surface area contributed by atoms with Crippen molar-refractivity contribution in [3.8, 4) is 0 Å². The van der Waals surface area contributed by atoms with Crippen molar-refractivity contribution in [1.82, 2.24) is 9.80 Å². The lowest BCUT2D eigenvalue weighted by atomic mass is 9.89. The number of hydrogen-bond acceptors (Lipinski definition) is 4. The monoisotopic (exact) mass is 268 g/mol. The quantitative estimate of drug-likeness (QED) is 0.775. The van der Waals surface area contributed by atoms with Gasteiger partial charge in [-0.05, 0) is 45.8 Å². The Morgan fingerprint density at radius 2 is 1.74 bits per heavy atom. The third-order valence-electron chi connectivity index (χ3n) is 5.12. The third-order valence-corrected chi connectivity index (χ3v) is 5.12. The summed E-state index contributed by atoms with van der Waals surface area (Å²) in [6.07, 6.45) is 7.37. The maximum Gasteiger partial charge on any atom is 0.168 e. The van der Waals surface area contributed by atoms with Gasteiger partial charge in [0.1, 0.15) is 0 Å². The molecule has 110 valence electrons. The second kappa shape index (κ2) is 6.08. The van der Waals surface area contributed by atoms with E-state index in [0.717, 1.165) is 32.1 Å². The molecule has 1 aliphatic carbocycles. The van der Waals surface area contributed by atoms with E-state index >= 15 is 0 Å². The van der Waals surface area contributed by atoms with Crippen molar-refractivity contribution in [2.75, 3.05) is 46.4 Å². The molecular formula is C15H28N2O2. The van der Waals surface area contributed by atoms with Gasteiger partial charge in [0.2, 0.25) is 0 Å². The van der Waals surface area contributed by atoms with Crippen LogP contribution in [0.4, 0.5) is 0 Å². The van der Waals surface area contributed by atoms with Gasteiger partial charge in [-0.15, -0.1) is 0 Å². The molecule has 0 aromatic carbocycles. The minimum Gasteiger partial charge on any atom is -0.348 e. The molecule has 0 aromatic heterocycles. The molecule has 1 spiro atoms. The summed E-state index contributed by atoms with van der Waals surface area (Å²) >= 11 is 0. The van der Waals surface area contributed by atoms with Gasteiger partial charge in [-0.2, -0.15) is 0 Å². The van der Waals surface area contributed by atoms with Gasteiger partial charge in [0.25, 0.3) is 0 Å². The summed E-state index contributed by atoms with van der Waals surface area (Å²) in [5, 5.41) is 0. The lowest BCUT2D eigenvalue weighted by Crippen LogP contribution is -2.44. The highest BCUT2D eigenvalue weighted by Crippen LogP contribution is 2.36. The third kappa shape index (κ3) is 3.30. The zero-order valence-electron chi connectivity index (χ0n) is 12.3. The molecule has 4 heteroatoms.